The smallest absolute Gasteiger partial charge is 0.341 e. The van der Waals surface area contributed by atoms with Crippen LogP contribution >= 0.6 is 11.3 Å². The standard InChI is InChI=1S/C24H31N3O4S/c1-2-30-24(29)22-19-9-6-10-20(19)32-23(22)25-21(28)17-27-13-11-26(12-14-27)15-16-31-18-7-4-3-5-8-18/h3-5,7-8H,2,6,9-17H2,1H3,(H,25,28). The van der Waals surface area contributed by atoms with Crippen LogP contribution in [0.3, 0.4) is 0 Å². The van der Waals surface area contributed by atoms with E-state index in [0.717, 1.165) is 63.3 Å². The molecule has 4 rings (SSSR count). The van der Waals surface area contributed by atoms with Crippen LogP contribution in [0.2, 0.25) is 0 Å². The van der Waals surface area contributed by atoms with Crippen LogP contribution in [0.15, 0.2) is 30.3 Å². The second-order valence-electron chi connectivity index (χ2n) is 8.11. The number of nitrogens with one attached hydrogen (secondary N) is 1. The van der Waals surface area contributed by atoms with Gasteiger partial charge in [-0.2, -0.15) is 0 Å². The first-order valence-electron chi connectivity index (χ1n) is 11.4. The zero-order valence-electron chi connectivity index (χ0n) is 18.6. The van der Waals surface area contributed by atoms with Crippen molar-refractivity contribution in [3.8, 4) is 5.75 Å². The summed E-state index contributed by atoms with van der Waals surface area (Å²) in [5, 5.41) is 3.64. The number of esters is 1. The number of carbonyl (C=O) groups is 2. The van der Waals surface area contributed by atoms with Crippen LogP contribution in [0, 0.1) is 0 Å². The van der Waals surface area contributed by atoms with E-state index in [1.807, 2.05) is 30.3 Å². The summed E-state index contributed by atoms with van der Waals surface area (Å²) >= 11 is 1.53. The molecule has 2 heterocycles. The van der Waals surface area contributed by atoms with Crippen molar-refractivity contribution in [3.63, 3.8) is 0 Å². The lowest BCUT2D eigenvalue weighted by atomic mass is 10.1. The number of hydrogen-bond donors (Lipinski definition) is 1. The summed E-state index contributed by atoms with van der Waals surface area (Å²) in [7, 11) is 0. The molecule has 0 unspecified atom stereocenters. The molecular weight excluding hydrogens is 426 g/mol. The van der Waals surface area contributed by atoms with E-state index in [1.54, 1.807) is 6.92 Å². The molecule has 7 nitrogen and oxygen atoms in total. The number of anilines is 1. The van der Waals surface area contributed by atoms with E-state index >= 15 is 0 Å². The Labute approximate surface area is 193 Å². The lowest BCUT2D eigenvalue weighted by Gasteiger charge is -2.34. The summed E-state index contributed by atoms with van der Waals surface area (Å²) in [6, 6.07) is 9.85. The van der Waals surface area contributed by atoms with Gasteiger partial charge < -0.3 is 14.8 Å². The molecule has 1 fully saturated rings. The van der Waals surface area contributed by atoms with Crippen molar-refractivity contribution in [3.05, 3.63) is 46.3 Å². The number of thiophene rings is 1. The Hall–Kier alpha value is -2.42. The van der Waals surface area contributed by atoms with E-state index < -0.39 is 0 Å². The molecule has 1 saturated heterocycles. The number of hydrogen-bond acceptors (Lipinski definition) is 7. The Balaban J connectivity index is 1.23. The largest absolute Gasteiger partial charge is 0.492 e. The van der Waals surface area contributed by atoms with Gasteiger partial charge in [-0.1, -0.05) is 18.2 Å². The van der Waals surface area contributed by atoms with E-state index in [4.69, 9.17) is 9.47 Å². The summed E-state index contributed by atoms with van der Waals surface area (Å²) in [5.74, 6) is 0.495. The number of rotatable bonds is 9. The molecule has 2 aromatic rings. The van der Waals surface area contributed by atoms with E-state index in [-0.39, 0.29) is 11.9 Å². The zero-order chi connectivity index (χ0) is 22.3. The maximum absolute atomic E-state index is 12.7. The average Bonchev–Trinajstić information content (AvgIpc) is 3.36. The van der Waals surface area contributed by atoms with Crippen LogP contribution in [0.5, 0.6) is 5.75 Å². The van der Waals surface area contributed by atoms with Crippen LogP contribution in [0.1, 0.15) is 34.1 Å². The third-order valence-electron chi connectivity index (χ3n) is 5.91. The van der Waals surface area contributed by atoms with Crippen molar-refractivity contribution >= 4 is 28.2 Å². The topological polar surface area (TPSA) is 71.1 Å². The number of carbonyl (C=O) groups excluding carboxylic acids is 2. The minimum absolute atomic E-state index is 0.0728. The van der Waals surface area contributed by atoms with Gasteiger partial charge in [-0.25, -0.2) is 4.79 Å². The fourth-order valence-electron chi connectivity index (χ4n) is 4.26. The Bertz CT molecular complexity index is 923. The zero-order valence-corrected chi connectivity index (χ0v) is 19.4. The molecule has 1 aliphatic carbocycles. The highest BCUT2D eigenvalue weighted by Crippen LogP contribution is 2.39. The fourth-order valence-corrected chi connectivity index (χ4v) is 5.55. The van der Waals surface area contributed by atoms with Crippen LogP contribution in [0.4, 0.5) is 5.00 Å². The lowest BCUT2D eigenvalue weighted by Crippen LogP contribution is -2.49. The van der Waals surface area contributed by atoms with Crippen molar-refractivity contribution in [2.45, 2.75) is 26.2 Å². The van der Waals surface area contributed by atoms with Crippen LogP contribution in [0.25, 0.3) is 0 Å². The number of benzene rings is 1. The van der Waals surface area contributed by atoms with Crippen LogP contribution in [-0.2, 0) is 22.4 Å². The first kappa shape index (κ1) is 22.8. The normalized spacial score (nSPS) is 16.5. The van der Waals surface area contributed by atoms with E-state index in [1.165, 1.54) is 16.2 Å². The maximum atomic E-state index is 12.7. The molecule has 0 bridgehead atoms. The van der Waals surface area contributed by atoms with Crippen molar-refractivity contribution in [1.29, 1.82) is 0 Å². The molecule has 1 aromatic heterocycles. The summed E-state index contributed by atoms with van der Waals surface area (Å²) in [6.07, 6.45) is 2.91. The highest BCUT2D eigenvalue weighted by molar-refractivity contribution is 7.17. The number of para-hydroxylation sites is 1. The third-order valence-corrected chi connectivity index (χ3v) is 7.11. The van der Waals surface area contributed by atoms with Gasteiger partial charge in [0.15, 0.2) is 0 Å². The second kappa shape index (κ2) is 10.9. The molecular formula is C24H31N3O4S. The second-order valence-corrected chi connectivity index (χ2v) is 9.21. The average molecular weight is 458 g/mol. The van der Waals surface area contributed by atoms with Gasteiger partial charge in [0.05, 0.1) is 18.7 Å². The van der Waals surface area contributed by atoms with E-state index in [2.05, 4.69) is 15.1 Å². The summed E-state index contributed by atoms with van der Waals surface area (Å²) in [4.78, 5) is 30.9. The molecule has 1 amide bonds. The molecule has 1 aliphatic heterocycles. The molecule has 2 aliphatic rings. The minimum Gasteiger partial charge on any atom is -0.492 e. The number of nitrogens with zero attached hydrogens (tertiary/aromatic N) is 2. The fraction of sp³-hybridized carbons (Fsp3) is 0.500. The third kappa shape index (κ3) is 5.68. The molecule has 0 radical (unpaired) electrons. The van der Waals surface area contributed by atoms with Crippen molar-refractivity contribution in [1.82, 2.24) is 9.80 Å². The SMILES string of the molecule is CCOC(=O)c1c(NC(=O)CN2CCN(CCOc3ccccc3)CC2)sc2c1CCC2. The maximum Gasteiger partial charge on any atom is 0.341 e. The van der Waals surface area contributed by atoms with Crippen LogP contribution < -0.4 is 10.1 Å². The molecule has 0 spiro atoms. The molecule has 0 atom stereocenters. The Morgan fingerprint density at radius 3 is 2.56 bits per heavy atom. The first-order chi connectivity index (χ1) is 15.6. The van der Waals surface area contributed by atoms with Gasteiger partial charge in [-0.05, 0) is 43.9 Å². The quantitative estimate of drug-likeness (QED) is 0.584. The van der Waals surface area contributed by atoms with Crippen LogP contribution in [-0.4, -0.2) is 74.2 Å². The summed E-state index contributed by atoms with van der Waals surface area (Å²) < 4.78 is 11.0. The van der Waals surface area contributed by atoms with Gasteiger partial charge in [0.1, 0.15) is 17.4 Å². The van der Waals surface area contributed by atoms with Crippen molar-refractivity contribution in [2.24, 2.45) is 0 Å². The molecule has 32 heavy (non-hydrogen) atoms. The Morgan fingerprint density at radius 2 is 1.81 bits per heavy atom. The van der Waals surface area contributed by atoms with Crippen molar-refractivity contribution < 1.29 is 19.1 Å². The van der Waals surface area contributed by atoms with Gasteiger partial charge in [-0.15, -0.1) is 11.3 Å². The lowest BCUT2D eigenvalue weighted by molar-refractivity contribution is -0.117. The number of amides is 1. The molecule has 0 saturated carbocycles. The number of piperazine rings is 1. The van der Waals surface area contributed by atoms with Gasteiger partial charge in [0.2, 0.25) is 5.91 Å². The predicted octanol–water partition coefficient (Wildman–Crippen LogP) is 3.05. The number of ether oxygens (including phenoxy) is 2. The summed E-state index contributed by atoms with van der Waals surface area (Å²) in [5.41, 5.74) is 1.64. The molecule has 8 heteroatoms. The van der Waals surface area contributed by atoms with E-state index in [9.17, 15) is 9.59 Å². The van der Waals surface area contributed by atoms with Gasteiger partial charge in [0.25, 0.3) is 0 Å². The van der Waals surface area contributed by atoms with Crippen molar-refractivity contribution in [2.75, 3.05) is 57.8 Å². The van der Waals surface area contributed by atoms with Gasteiger partial charge >= 0.3 is 5.97 Å². The van der Waals surface area contributed by atoms with Gasteiger partial charge in [-0.3, -0.25) is 14.6 Å². The van der Waals surface area contributed by atoms with Gasteiger partial charge in [0, 0.05) is 37.6 Å². The molecule has 1 aromatic carbocycles. The Kier molecular flexibility index (Phi) is 7.78. The molecule has 172 valence electrons. The highest BCUT2D eigenvalue weighted by atomic mass is 32.1. The minimum atomic E-state index is -0.325. The first-order valence-corrected chi connectivity index (χ1v) is 12.2. The summed E-state index contributed by atoms with van der Waals surface area (Å²) in [6.45, 7) is 7.49. The number of fused-ring (bicyclic) bond motifs is 1. The monoisotopic (exact) mass is 457 g/mol. The highest BCUT2D eigenvalue weighted by Gasteiger charge is 2.28. The van der Waals surface area contributed by atoms with E-state index in [0.29, 0.717) is 30.3 Å². The number of aryl methyl sites for hydroxylation is 1. The molecule has 1 N–H and O–H groups in total. The Morgan fingerprint density at radius 1 is 1.06 bits per heavy atom. The predicted molar refractivity (Wildman–Crippen MR) is 126 cm³/mol.